The van der Waals surface area contributed by atoms with Gasteiger partial charge in [0.25, 0.3) is 5.69 Å². The fourth-order valence-electron chi connectivity index (χ4n) is 1.86. The molecule has 4 nitrogen and oxygen atoms in total. The van der Waals surface area contributed by atoms with E-state index in [1.54, 1.807) is 0 Å². The van der Waals surface area contributed by atoms with Crippen LogP contribution in [0.15, 0.2) is 16.6 Å². The van der Waals surface area contributed by atoms with Gasteiger partial charge in [0, 0.05) is 22.5 Å². The summed E-state index contributed by atoms with van der Waals surface area (Å²) in [6, 6.07) is 3.48. The SMILES string of the molecule is CC1(C)CNc2c([N+](=O)[O-])cc(Br)cc21. The van der Waals surface area contributed by atoms with Crippen molar-refractivity contribution in [2.45, 2.75) is 19.3 Å². The maximum atomic E-state index is 10.9. The van der Waals surface area contributed by atoms with Crippen molar-refractivity contribution in [3.8, 4) is 0 Å². The minimum Gasteiger partial charge on any atom is -0.378 e. The topological polar surface area (TPSA) is 55.2 Å². The Kier molecular flexibility index (Phi) is 2.22. The Hall–Kier alpha value is -1.10. The van der Waals surface area contributed by atoms with Crippen molar-refractivity contribution < 1.29 is 4.92 Å². The lowest BCUT2D eigenvalue weighted by Gasteiger charge is -2.16. The van der Waals surface area contributed by atoms with Crippen LogP contribution in [0.5, 0.6) is 0 Å². The molecule has 0 aliphatic carbocycles. The van der Waals surface area contributed by atoms with Crippen LogP contribution < -0.4 is 5.32 Å². The molecule has 1 heterocycles. The van der Waals surface area contributed by atoms with Crippen LogP contribution in [0.2, 0.25) is 0 Å². The smallest absolute Gasteiger partial charge is 0.293 e. The summed E-state index contributed by atoms with van der Waals surface area (Å²) in [5.41, 5.74) is 1.76. The number of nitro benzene ring substituents is 1. The lowest BCUT2D eigenvalue weighted by atomic mass is 9.87. The molecule has 1 N–H and O–H groups in total. The molecule has 1 aromatic rings. The van der Waals surface area contributed by atoms with Crippen molar-refractivity contribution in [3.05, 3.63) is 32.3 Å². The third-order valence-corrected chi connectivity index (χ3v) is 3.17. The second kappa shape index (κ2) is 3.20. The number of benzene rings is 1. The lowest BCUT2D eigenvalue weighted by molar-refractivity contribution is -0.384. The molecular weight excluding hydrogens is 260 g/mol. The van der Waals surface area contributed by atoms with Crippen LogP contribution in [-0.2, 0) is 5.41 Å². The largest absolute Gasteiger partial charge is 0.378 e. The van der Waals surface area contributed by atoms with Crippen LogP contribution in [0.25, 0.3) is 0 Å². The maximum absolute atomic E-state index is 10.9. The Morgan fingerprint density at radius 3 is 2.80 bits per heavy atom. The first-order chi connectivity index (χ1) is 6.92. The third-order valence-electron chi connectivity index (χ3n) is 2.72. The van der Waals surface area contributed by atoms with Gasteiger partial charge in [-0.2, -0.15) is 0 Å². The Morgan fingerprint density at radius 1 is 1.53 bits per heavy atom. The fraction of sp³-hybridized carbons (Fsp3) is 0.400. The predicted octanol–water partition coefficient (Wildman–Crippen LogP) is 3.06. The first kappa shape index (κ1) is 10.4. The summed E-state index contributed by atoms with van der Waals surface area (Å²) in [5.74, 6) is 0. The molecule has 5 heteroatoms. The van der Waals surface area contributed by atoms with E-state index in [0.717, 1.165) is 16.6 Å². The van der Waals surface area contributed by atoms with E-state index in [2.05, 4.69) is 35.1 Å². The highest BCUT2D eigenvalue weighted by molar-refractivity contribution is 9.10. The number of nitrogens with zero attached hydrogens (tertiary/aromatic N) is 1. The summed E-state index contributed by atoms with van der Waals surface area (Å²) in [4.78, 5) is 10.5. The molecule has 0 saturated heterocycles. The van der Waals surface area contributed by atoms with Gasteiger partial charge < -0.3 is 5.32 Å². The summed E-state index contributed by atoms with van der Waals surface area (Å²) >= 11 is 3.30. The molecule has 1 aliphatic heterocycles. The van der Waals surface area contributed by atoms with Gasteiger partial charge in [-0.25, -0.2) is 0 Å². The fourth-order valence-corrected chi connectivity index (χ4v) is 2.31. The monoisotopic (exact) mass is 270 g/mol. The number of rotatable bonds is 1. The van der Waals surface area contributed by atoms with Crippen molar-refractivity contribution in [2.75, 3.05) is 11.9 Å². The number of hydrogen-bond donors (Lipinski definition) is 1. The minimum absolute atomic E-state index is 0.0517. The van der Waals surface area contributed by atoms with E-state index >= 15 is 0 Å². The van der Waals surface area contributed by atoms with Gasteiger partial charge in [-0.1, -0.05) is 29.8 Å². The number of hydrogen-bond acceptors (Lipinski definition) is 3. The first-order valence-corrected chi connectivity index (χ1v) is 5.43. The van der Waals surface area contributed by atoms with Gasteiger partial charge in [0.15, 0.2) is 0 Å². The van der Waals surface area contributed by atoms with Crippen molar-refractivity contribution in [1.29, 1.82) is 0 Å². The number of nitro groups is 1. The Balaban J connectivity index is 2.68. The highest BCUT2D eigenvalue weighted by atomic mass is 79.9. The van der Waals surface area contributed by atoms with Gasteiger partial charge in [-0.05, 0) is 11.6 Å². The number of fused-ring (bicyclic) bond motifs is 1. The molecule has 0 fully saturated rings. The second-order valence-electron chi connectivity index (χ2n) is 4.34. The first-order valence-electron chi connectivity index (χ1n) is 4.64. The zero-order chi connectivity index (χ0) is 11.2. The summed E-state index contributed by atoms with van der Waals surface area (Å²) in [5, 5.41) is 14.0. The average molecular weight is 271 g/mol. The van der Waals surface area contributed by atoms with Crippen LogP contribution in [0.1, 0.15) is 19.4 Å². The van der Waals surface area contributed by atoms with E-state index < -0.39 is 0 Å². The van der Waals surface area contributed by atoms with Crippen LogP contribution in [-0.4, -0.2) is 11.5 Å². The molecule has 0 amide bonds. The Bertz CT molecular complexity index is 443. The zero-order valence-corrected chi connectivity index (χ0v) is 10.1. The van der Waals surface area contributed by atoms with E-state index in [4.69, 9.17) is 0 Å². The molecule has 0 radical (unpaired) electrons. The maximum Gasteiger partial charge on any atom is 0.293 e. The van der Waals surface area contributed by atoms with E-state index in [-0.39, 0.29) is 16.0 Å². The molecule has 0 saturated carbocycles. The molecule has 0 bridgehead atoms. The van der Waals surface area contributed by atoms with Gasteiger partial charge >= 0.3 is 0 Å². The van der Waals surface area contributed by atoms with Crippen molar-refractivity contribution in [2.24, 2.45) is 0 Å². The van der Waals surface area contributed by atoms with Gasteiger partial charge in [-0.15, -0.1) is 0 Å². The highest BCUT2D eigenvalue weighted by Gasteiger charge is 2.34. The average Bonchev–Trinajstić information content (AvgIpc) is 2.41. The van der Waals surface area contributed by atoms with E-state index in [0.29, 0.717) is 5.69 Å². The predicted molar refractivity (Wildman–Crippen MR) is 62.3 cm³/mol. The van der Waals surface area contributed by atoms with Crippen molar-refractivity contribution in [3.63, 3.8) is 0 Å². The van der Waals surface area contributed by atoms with Crippen molar-refractivity contribution >= 4 is 27.3 Å². The zero-order valence-electron chi connectivity index (χ0n) is 8.50. The molecule has 1 aromatic carbocycles. The molecule has 0 atom stereocenters. The number of anilines is 1. The van der Waals surface area contributed by atoms with Gasteiger partial charge in [0.05, 0.1) is 4.92 Å². The summed E-state index contributed by atoms with van der Waals surface area (Å²) in [6.07, 6.45) is 0. The molecule has 2 rings (SSSR count). The summed E-state index contributed by atoms with van der Waals surface area (Å²) in [7, 11) is 0. The normalized spacial score (nSPS) is 17.0. The molecule has 0 aromatic heterocycles. The van der Waals surface area contributed by atoms with Crippen LogP contribution in [0.3, 0.4) is 0 Å². The quantitative estimate of drug-likeness (QED) is 0.630. The second-order valence-corrected chi connectivity index (χ2v) is 5.26. The lowest BCUT2D eigenvalue weighted by Crippen LogP contribution is -2.18. The molecule has 15 heavy (non-hydrogen) atoms. The minimum atomic E-state index is -0.349. The van der Waals surface area contributed by atoms with Crippen molar-refractivity contribution in [1.82, 2.24) is 0 Å². The van der Waals surface area contributed by atoms with Gasteiger partial charge in [0.2, 0.25) is 0 Å². The van der Waals surface area contributed by atoms with Crippen LogP contribution in [0.4, 0.5) is 11.4 Å². The van der Waals surface area contributed by atoms with E-state index in [1.165, 1.54) is 6.07 Å². The molecular formula is C10H11BrN2O2. The Morgan fingerprint density at radius 2 is 2.20 bits per heavy atom. The molecule has 1 aliphatic rings. The third kappa shape index (κ3) is 1.61. The summed E-state index contributed by atoms with van der Waals surface area (Å²) < 4.78 is 0.754. The standard InChI is InChI=1S/C10H11BrN2O2/c1-10(2)5-12-9-7(10)3-6(11)4-8(9)13(14)15/h3-4,12H,5H2,1-2H3. The Labute approximate surface area is 96.0 Å². The molecule has 0 unspecified atom stereocenters. The van der Waals surface area contributed by atoms with Gasteiger partial charge in [-0.3, -0.25) is 10.1 Å². The highest BCUT2D eigenvalue weighted by Crippen LogP contribution is 2.43. The van der Waals surface area contributed by atoms with Gasteiger partial charge in [0.1, 0.15) is 5.69 Å². The number of nitrogens with one attached hydrogen (secondary N) is 1. The van der Waals surface area contributed by atoms with Crippen LogP contribution in [0, 0.1) is 10.1 Å². The van der Waals surface area contributed by atoms with E-state index in [1.807, 2.05) is 6.07 Å². The van der Waals surface area contributed by atoms with Crippen LogP contribution >= 0.6 is 15.9 Å². The molecule has 80 valence electrons. The summed E-state index contributed by atoms with van der Waals surface area (Å²) in [6.45, 7) is 4.88. The van der Waals surface area contributed by atoms with E-state index in [9.17, 15) is 10.1 Å². The number of halogens is 1. The molecule has 0 spiro atoms.